The van der Waals surface area contributed by atoms with Crippen LogP contribution in [0.3, 0.4) is 0 Å². The van der Waals surface area contributed by atoms with E-state index in [-0.39, 0.29) is 23.8 Å². The molecule has 5 heteroatoms. The van der Waals surface area contributed by atoms with Crippen LogP contribution < -0.4 is 10.2 Å². The number of rotatable bonds is 2. The standard InChI is InChI=1S/C21H17N3O2/c25-20-16-12-23-19(17-10-13-6-4-5-7-14(13)11-22-17)18(16)21(26)24(20)15-8-2-1-3-9-15/h1-11,16,18-19,23H,12H2/t16-,18-,19+/m0/s1. The first-order chi connectivity index (χ1) is 12.7. The molecule has 0 aliphatic carbocycles. The second-order valence-corrected chi connectivity index (χ2v) is 6.82. The largest absolute Gasteiger partial charge is 0.307 e. The van der Waals surface area contributed by atoms with Crippen molar-refractivity contribution in [1.29, 1.82) is 0 Å². The molecular weight excluding hydrogens is 326 g/mol. The molecule has 0 saturated carbocycles. The van der Waals surface area contributed by atoms with Crippen LogP contribution in [-0.2, 0) is 9.59 Å². The van der Waals surface area contributed by atoms with Gasteiger partial charge in [-0.1, -0.05) is 42.5 Å². The lowest BCUT2D eigenvalue weighted by Gasteiger charge is -2.20. The first kappa shape index (κ1) is 15.2. The number of hydrogen-bond donors (Lipinski definition) is 1. The highest BCUT2D eigenvalue weighted by Gasteiger charge is 2.55. The Hall–Kier alpha value is -3.05. The molecule has 5 nitrogen and oxygen atoms in total. The summed E-state index contributed by atoms with van der Waals surface area (Å²) in [6.45, 7) is 0.498. The van der Waals surface area contributed by atoms with E-state index in [4.69, 9.17) is 0 Å². The first-order valence-corrected chi connectivity index (χ1v) is 8.75. The van der Waals surface area contributed by atoms with Crippen molar-refractivity contribution in [2.45, 2.75) is 6.04 Å². The number of para-hydroxylation sites is 1. The summed E-state index contributed by atoms with van der Waals surface area (Å²) >= 11 is 0. The van der Waals surface area contributed by atoms with Crippen LogP contribution in [0.1, 0.15) is 11.7 Å². The molecule has 2 aliphatic rings. The van der Waals surface area contributed by atoms with Crippen molar-refractivity contribution in [2.24, 2.45) is 11.8 Å². The number of nitrogens with one attached hydrogen (secondary N) is 1. The number of imide groups is 1. The number of carbonyl (C=O) groups excluding carboxylic acids is 2. The van der Waals surface area contributed by atoms with E-state index in [1.54, 1.807) is 12.1 Å². The van der Waals surface area contributed by atoms with Gasteiger partial charge in [0, 0.05) is 18.1 Å². The van der Waals surface area contributed by atoms with Gasteiger partial charge in [-0.05, 0) is 23.6 Å². The van der Waals surface area contributed by atoms with Gasteiger partial charge >= 0.3 is 0 Å². The minimum atomic E-state index is -0.406. The van der Waals surface area contributed by atoms with E-state index < -0.39 is 5.92 Å². The molecule has 5 rings (SSSR count). The molecule has 128 valence electrons. The maximum absolute atomic E-state index is 13.1. The molecule has 1 N–H and O–H groups in total. The van der Waals surface area contributed by atoms with E-state index in [9.17, 15) is 9.59 Å². The molecule has 2 amide bonds. The van der Waals surface area contributed by atoms with Gasteiger partial charge in [0.2, 0.25) is 11.8 Å². The van der Waals surface area contributed by atoms with Gasteiger partial charge in [-0.15, -0.1) is 0 Å². The van der Waals surface area contributed by atoms with E-state index in [0.717, 1.165) is 16.5 Å². The molecule has 1 aromatic heterocycles. The van der Waals surface area contributed by atoms with E-state index in [2.05, 4.69) is 10.3 Å². The lowest BCUT2D eigenvalue weighted by atomic mass is 9.91. The van der Waals surface area contributed by atoms with Crippen molar-refractivity contribution in [3.05, 3.63) is 72.6 Å². The lowest BCUT2D eigenvalue weighted by molar-refractivity contribution is -0.123. The highest BCUT2D eigenvalue weighted by molar-refractivity contribution is 6.22. The third-order valence-electron chi connectivity index (χ3n) is 5.38. The van der Waals surface area contributed by atoms with Crippen molar-refractivity contribution in [3.63, 3.8) is 0 Å². The average Bonchev–Trinajstić information content (AvgIpc) is 3.22. The monoisotopic (exact) mass is 343 g/mol. The van der Waals surface area contributed by atoms with E-state index in [1.165, 1.54) is 4.90 Å². The highest BCUT2D eigenvalue weighted by Crippen LogP contribution is 2.42. The summed E-state index contributed by atoms with van der Waals surface area (Å²) in [5.41, 5.74) is 1.45. The second-order valence-electron chi connectivity index (χ2n) is 6.82. The Balaban J connectivity index is 1.53. The summed E-state index contributed by atoms with van der Waals surface area (Å²) in [5.74, 6) is -1.00. The average molecular weight is 343 g/mol. The Morgan fingerprint density at radius 1 is 0.923 bits per heavy atom. The Kier molecular flexibility index (Phi) is 3.36. The second kappa shape index (κ2) is 5.75. The highest BCUT2D eigenvalue weighted by atomic mass is 16.2. The van der Waals surface area contributed by atoms with Gasteiger partial charge in [0.1, 0.15) is 0 Å². The van der Waals surface area contributed by atoms with Crippen LogP contribution in [0.4, 0.5) is 5.69 Å². The number of hydrogen-bond acceptors (Lipinski definition) is 4. The summed E-state index contributed by atoms with van der Waals surface area (Å²) in [5, 5.41) is 5.49. The van der Waals surface area contributed by atoms with Gasteiger partial charge in [0.15, 0.2) is 0 Å². The van der Waals surface area contributed by atoms with Crippen LogP contribution >= 0.6 is 0 Å². The van der Waals surface area contributed by atoms with Crippen LogP contribution in [0.15, 0.2) is 66.9 Å². The minimum Gasteiger partial charge on any atom is -0.307 e. The van der Waals surface area contributed by atoms with Crippen LogP contribution in [0, 0.1) is 11.8 Å². The Morgan fingerprint density at radius 2 is 1.65 bits per heavy atom. The molecular formula is C21H17N3O2. The van der Waals surface area contributed by atoms with Gasteiger partial charge < -0.3 is 5.32 Å². The molecule has 3 aromatic rings. The SMILES string of the molecule is O=C1[C@H]2[C@H](CN[C@@H]2c2cc3ccccc3cn2)C(=O)N1c1ccccc1. The number of benzene rings is 2. The van der Waals surface area contributed by atoms with Crippen molar-refractivity contribution in [1.82, 2.24) is 10.3 Å². The molecule has 3 heterocycles. The zero-order chi connectivity index (χ0) is 17.7. The Labute approximate surface area is 150 Å². The van der Waals surface area contributed by atoms with E-state index >= 15 is 0 Å². The number of amides is 2. The number of nitrogens with zero attached hydrogens (tertiary/aromatic N) is 2. The number of anilines is 1. The van der Waals surface area contributed by atoms with Gasteiger partial charge in [0.25, 0.3) is 0 Å². The summed E-state index contributed by atoms with van der Waals surface area (Å²) < 4.78 is 0. The minimum absolute atomic E-state index is 0.123. The number of pyridine rings is 1. The molecule has 2 saturated heterocycles. The quantitative estimate of drug-likeness (QED) is 0.727. The topological polar surface area (TPSA) is 62.3 Å². The molecule has 3 atom stereocenters. The molecule has 2 aromatic carbocycles. The van der Waals surface area contributed by atoms with Gasteiger partial charge in [0.05, 0.1) is 29.3 Å². The van der Waals surface area contributed by atoms with Gasteiger partial charge in [-0.3, -0.25) is 14.6 Å². The zero-order valence-corrected chi connectivity index (χ0v) is 14.0. The number of carbonyl (C=O) groups is 2. The fraction of sp³-hybridized carbons (Fsp3) is 0.190. The smallest absolute Gasteiger partial charge is 0.239 e. The van der Waals surface area contributed by atoms with Crippen molar-refractivity contribution in [3.8, 4) is 0 Å². The fourth-order valence-corrected chi connectivity index (χ4v) is 4.11. The molecule has 0 unspecified atom stereocenters. The first-order valence-electron chi connectivity index (χ1n) is 8.75. The zero-order valence-electron chi connectivity index (χ0n) is 14.0. The molecule has 2 fully saturated rings. The van der Waals surface area contributed by atoms with Crippen molar-refractivity contribution >= 4 is 28.3 Å². The van der Waals surface area contributed by atoms with E-state index in [0.29, 0.717) is 12.2 Å². The van der Waals surface area contributed by atoms with Crippen LogP contribution in [0.5, 0.6) is 0 Å². The van der Waals surface area contributed by atoms with Crippen LogP contribution in [0.2, 0.25) is 0 Å². The Morgan fingerprint density at radius 3 is 2.46 bits per heavy atom. The van der Waals surface area contributed by atoms with Gasteiger partial charge in [-0.25, -0.2) is 4.90 Å². The summed E-state index contributed by atoms with van der Waals surface area (Å²) in [4.78, 5) is 31.8. The maximum Gasteiger partial charge on any atom is 0.239 e. The molecule has 0 spiro atoms. The predicted molar refractivity (Wildman–Crippen MR) is 98.4 cm³/mol. The molecule has 0 bridgehead atoms. The van der Waals surface area contributed by atoms with Crippen molar-refractivity contribution in [2.75, 3.05) is 11.4 Å². The number of aromatic nitrogens is 1. The maximum atomic E-state index is 13.1. The summed E-state index contributed by atoms with van der Waals surface area (Å²) in [7, 11) is 0. The van der Waals surface area contributed by atoms with Crippen LogP contribution in [0.25, 0.3) is 10.8 Å². The molecule has 2 aliphatic heterocycles. The molecule has 26 heavy (non-hydrogen) atoms. The van der Waals surface area contributed by atoms with Gasteiger partial charge in [-0.2, -0.15) is 0 Å². The van der Waals surface area contributed by atoms with Crippen molar-refractivity contribution < 1.29 is 9.59 Å². The Bertz CT molecular complexity index is 1020. The lowest BCUT2D eigenvalue weighted by Crippen LogP contribution is -2.35. The summed E-state index contributed by atoms with van der Waals surface area (Å²) in [6.07, 6.45) is 1.83. The molecule has 0 radical (unpaired) electrons. The summed E-state index contributed by atoms with van der Waals surface area (Å²) in [6, 6.07) is 18.9. The van der Waals surface area contributed by atoms with Crippen LogP contribution in [-0.4, -0.2) is 23.3 Å². The normalized spacial score (nSPS) is 25.1. The van der Waals surface area contributed by atoms with E-state index in [1.807, 2.05) is 54.7 Å². The number of fused-ring (bicyclic) bond motifs is 2. The third-order valence-corrected chi connectivity index (χ3v) is 5.38. The fourth-order valence-electron chi connectivity index (χ4n) is 4.11. The predicted octanol–water partition coefficient (Wildman–Crippen LogP) is 2.68. The third kappa shape index (κ3) is 2.17.